The fraction of sp³-hybridized carbons (Fsp3) is 1.00. The normalized spacial score (nSPS) is 19.7. The second kappa shape index (κ2) is 5.79. The molecule has 5 nitrogen and oxygen atoms in total. The first-order valence-electron chi connectivity index (χ1n) is 5.41. The van der Waals surface area contributed by atoms with Crippen LogP contribution in [0.2, 0.25) is 0 Å². The van der Waals surface area contributed by atoms with Gasteiger partial charge in [0.15, 0.2) is 0 Å². The quantitative estimate of drug-likeness (QED) is 0.721. The molecule has 1 aliphatic heterocycles. The Morgan fingerprint density at radius 2 is 1.87 bits per heavy atom. The average molecular weight is 236 g/mol. The first-order chi connectivity index (χ1) is 7.02. The minimum absolute atomic E-state index is 0.314. The van der Waals surface area contributed by atoms with Gasteiger partial charge in [0.1, 0.15) is 0 Å². The number of hydrogen-bond donors (Lipinski definition) is 1. The molecule has 0 aromatic heterocycles. The van der Waals surface area contributed by atoms with Crippen LogP contribution in [0, 0.1) is 5.92 Å². The fourth-order valence-electron chi connectivity index (χ4n) is 1.43. The highest BCUT2D eigenvalue weighted by molar-refractivity contribution is 7.87. The third kappa shape index (κ3) is 4.46. The van der Waals surface area contributed by atoms with Crippen molar-refractivity contribution in [2.24, 2.45) is 5.92 Å². The molecule has 0 spiro atoms. The van der Waals surface area contributed by atoms with E-state index in [0.29, 0.717) is 25.6 Å². The largest absolute Gasteiger partial charge is 0.301 e. The molecule has 1 fully saturated rings. The van der Waals surface area contributed by atoms with Gasteiger partial charge in [0.05, 0.1) is 6.61 Å². The van der Waals surface area contributed by atoms with Crippen molar-refractivity contribution < 1.29 is 13.3 Å². The van der Waals surface area contributed by atoms with E-state index in [2.05, 4.69) is 4.89 Å². The van der Waals surface area contributed by atoms with Gasteiger partial charge >= 0.3 is 10.2 Å². The Bertz CT molecular complexity index is 271. The van der Waals surface area contributed by atoms with Crippen LogP contribution in [0.3, 0.4) is 0 Å². The molecule has 0 aromatic carbocycles. The summed E-state index contributed by atoms with van der Waals surface area (Å²) >= 11 is 0. The standard InChI is InChI=1S/C9H20N2O3S/c1-9(2)8-14-10-15(12,13)11-6-4-3-5-7-11/h9-10H,3-8H2,1-2H3. The molecule has 0 radical (unpaired) electrons. The Hall–Kier alpha value is -0.170. The maximum atomic E-state index is 11.7. The molecule has 0 amide bonds. The number of nitrogens with one attached hydrogen (secondary N) is 1. The highest BCUT2D eigenvalue weighted by atomic mass is 32.2. The lowest BCUT2D eigenvalue weighted by molar-refractivity contribution is 0.0668. The molecule has 0 unspecified atom stereocenters. The number of rotatable bonds is 5. The van der Waals surface area contributed by atoms with Gasteiger partial charge in [-0.2, -0.15) is 12.7 Å². The van der Waals surface area contributed by atoms with Crippen molar-refractivity contribution in [2.75, 3.05) is 19.7 Å². The predicted octanol–water partition coefficient (Wildman–Crippen LogP) is 0.894. The topological polar surface area (TPSA) is 58.6 Å². The number of piperidine rings is 1. The highest BCUT2D eigenvalue weighted by Gasteiger charge is 2.23. The second-order valence-corrected chi connectivity index (χ2v) is 5.89. The summed E-state index contributed by atoms with van der Waals surface area (Å²) in [6, 6.07) is 0. The summed E-state index contributed by atoms with van der Waals surface area (Å²) in [7, 11) is -3.42. The van der Waals surface area contributed by atoms with E-state index in [9.17, 15) is 8.42 Å². The monoisotopic (exact) mass is 236 g/mol. The molecule has 0 aliphatic carbocycles. The average Bonchev–Trinajstić information content (AvgIpc) is 2.18. The molecule has 90 valence electrons. The molecule has 1 saturated heterocycles. The van der Waals surface area contributed by atoms with Crippen molar-refractivity contribution in [2.45, 2.75) is 33.1 Å². The smallest absolute Gasteiger partial charge is 0.286 e. The Morgan fingerprint density at radius 3 is 2.40 bits per heavy atom. The van der Waals surface area contributed by atoms with Crippen LogP contribution < -0.4 is 4.89 Å². The van der Waals surface area contributed by atoms with Crippen molar-refractivity contribution in [1.29, 1.82) is 0 Å². The number of nitrogens with zero attached hydrogens (tertiary/aromatic N) is 1. The summed E-state index contributed by atoms with van der Waals surface area (Å²) in [5.74, 6) is 0.314. The van der Waals surface area contributed by atoms with E-state index in [-0.39, 0.29) is 0 Å². The van der Waals surface area contributed by atoms with Gasteiger partial charge in [0.2, 0.25) is 0 Å². The van der Waals surface area contributed by atoms with E-state index in [1.165, 1.54) is 4.31 Å². The summed E-state index contributed by atoms with van der Waals surface area (Å²) in [5, 5.41) is 0. The maximum absolute atomic E-state index is 11.7. The van der Waals surface area contributed by atoms with Gasteiger partial charge in [-0.3, -0.25) is 4.84 Å². The van der Waals surface area contributed by atoms with Crippen LogP contribution >= 0.6 is 0 Å². The van der Waals surface area contributed by atoms with E-state index in [4.69, 9.17) is 4.84 Å². The highest BCUT2D eigenvalue weighted by Crippen LogP contribution is 2.11. The van der Waals surface area contributed by atoms with Crippen LogP contribution in [0.25, 0.3) is 0 Å². The Labute approximate surface area is 91.9 Å². The van der Waals surface area contributed by atoms with Crippen molar-refractivity contribution in [1.82, 2.24) is 9.19 Å². The Morgan fingerprint density at radius 1 is 1.27 bits per heavy atom. The lowest BCUT2D eigenvalue weighted by atomic mass is 10.2. The lowest BCUT2D eigenvalue weighted by Gasteiger charge is -2.25. The van der Waals surface area contributed by atoms with Gasteiger partial charge < -0.3 is 0 Å². The molecule has 1 aliphatic rings. The molecule has 0 bridgehead atoms. The van der Waals surface area contributed by atoms with Crippen LogP contribution in [0.5, 0.6) is 0 Å². The summed E-state index contributed by atoms with van der Waals surface area (Å²) in [4.78, 5) is 7.09. The Kier molecular flexibility index (Phi) is 4.98. The summed E-state index contributed by atoms with van der Waals surface area (Å²) in [6.07, 6.45) is 2.98. The zero-order valence-electron chi connectivity index (χ0n) is 9.40. The van der Waals surface area contributed by atoms with Crippen molar-refractivity contribution in [3.63, 3.8) is 0 Å². The third-order valence-corrected chi connectivity index (χ3v) is 3.61. The molecule has 1 rings (SSSR count). The van der Waals surface area contributed by atoms with Crippen LogP contribution in [0.15, 0.2) is 0 Å². The van der Waals surface area contributed by atoms with Gasteiger partial charge in [-0.1, -0.05) is 25.2 Å². The third-order valence-electron chi connectivity index (χ3n) is 2.24. The van der Waals surface area contributed by atoms with Crippen LogP contribution in [-0.2, 0) is 15.0 Å². The zero-order valence-corrected chi connectivity index (χ0v) is 10.2. The van der Waals surface area contributed by atoms with E-state index in [1.54, 1.807) is 0 Å². The molecule has 1 N–H and O–H groups in total. The first kappa shape index (κ1) is 12.9. The molecular formula is C9H20N2O3S. The molecule has 0 saturated carbocycles. The van der Waals surface area contributed by atoms with E-state index >= 15 is 0 Å². The van der Waals surface area contributed by atoms with Crippen molar-refractivity contribution >= 4 is 10.2 Å². The lowest BCUT2D eigenvalue weighted by Crippen LogP contribution is -2.43. The van der Waals surface area contributed by atoms with Crippen molar-refractivity contribution in [3.8, 4) is 0 Å². The Balaban J connectivity index is 2.36. The predicted molar refractivity (Wildman–Crippen MR) is 58.3 cm³/mol. The van der Waals surface area contributed by atoms with Gasteiger partial charge in [0.25, 0.3) is 0 Å². The first-order valence-corrected chi connectivity index (χ1v) is 6.85. The summed E-state index contributed by atoms with van der Waals surface area (Å²) in [6.45, 7) is 5.53. The second-order valence-electron chi connectivity index (χ2n) is 4.25. The summed E-state index contributed by atoms with van der Waals surface area (Å²) < 4.78 is 24.8. The van der Waals surface area contributed by atoms with E-state index < -0.39 is 10.2 Å². The zero-order chi connectivity index (χ0) is 11.3. The van der Waals surface area contributed by atoms with Gasteiger partial charge in [0, 0.05) is 13.1 Å². The molecule has 15 heavy (non-hydrogen) atoms. The van der Waals surface area contributed by atoms with Crippen LogP contribution in [0.4, 0.5) is 0 Å². The van der Waals surface area contributed by atoms with Gasteiger partial charge in [-0.15, -0.1) is 0 Å². The molecule has 1 heterocycles. The fourth-order valence-corrected chi connectivity index (χ4v) is 2.49. The van der Waals surface area contributed by atoms with E-state index in [0.717, 1.165) is 19.3 Å². The minimum atomic E-state index is -3.42. The van der Waals surface area contributed by atoms with Crippen LogP contribution in [0.1, 0.15) is 33.1 Å². The summed E-state index contributed by atoms with van der Waals surface area (Å²) in [5.41, 5.74) is 0. The minimum Gasteiger partial charge on any atom is -0.286 e. The number of hydrogen-bond acceptors (Lipinski definition) is 3. The molecule has 0 atom stereocenters. The van der Waals surface area contributed by atoms with Gasteiger partial charge in [-0.25, -0.2) is 0 Å². The van der Waals surface area contributed by atoms with Gasteiger partial charge in [-0.05, 0) is 18.8 Å². The SMILES string of the molecule is CC(C)CONS(=O)(=O)N1CCCCC1. The van der Waals surface area contributed by atoms with Crippen molar-refractivity contribution in [3.05, 3.63) is 0 Å². The van der Waals surface area contributed by atoms with E-state index in [1.807, 2.05) is 13.8 Å². The maximum Gasteiger partial charge on any atom is 0.301 e. The van der Waals surface area contributed by atoms with Crippen LogP contribution in [-0.4, -0.2) is 32.4 Å². The molecule has 6 heteroatoms. The molecular weight excluding hydrogens is 216 g/mol. The molecule has 0 aromatic rings.